The molecule has 2 aromatic rings. The van der Waals surface area contributed by atoms with Gasteiger partial charge in [0.2, 0.25) is 0 Å². The van der Waals surface area contributed by atoms with Crippen molar-refractivity contribution in [1.82, 2.24) is 0 Å². The van der Waals surface area contributed by atoms with Gasteiger partial charge in [-0.1, -0.05) is 76.6 Å². The first-order valence-electron chi connectivity index (χ1n) is 14.6. The SMILES string of the molecule is CCCCC[C@H]1CC[C@H](c2ccc(C(=O)Oc3ccc(C4CCC(CCC)CC4)cc3)cc2)CC1. The van der Waals surface area contributed by atoms with Gasteiger partial charge in [-0.15, -0.1) is 0 Å². The second-order valence-electron chi connectivity index (χ2n) is 11.3. The Morgan fingerprint density at radius 2 is 1.17 bits per heavy atom. The molecule has 0 radical (unpaired) electrons. The minimum Gasteiger partial charge on any atom is -0.423 e. The topological polar surface area (TPSA) is 26.3 Å². The molecule has 0 saturated heterocycles. The molecule has 2 aliphatic rings. The van der Waals surface area contributed by atoms with Gasteiger partial charge in [0.1, 0.15) is 5.75 Å². The van der Waals surface area contributed by atoms with Gasteiger partial charge >= 0.3 is 5.97 Å². The lowest BCUT2D eigenvalue weighted by Gasteiger charge is -2.29. The van der Waals surface area contributed by atoms with Crippen molar-refractivity contribution in [1.29, 1.82) is 0 Å². The molecule has 0 N–H and O–H groups in total. The van der Waals surface area contributed by atoms with Crippen molar-refractivity contribution in [3.8, 4) is 5.75 Å². The summed E-state index contributed by atoms with van der Waals surface area (Å²) in [5.41, 5.74) is 3.41. The third-order valence-electron chi connectivity index (χ3n) is 8.79. The summed E-state index contributed by atoms with van der Waals surface area (Å²) in [6, 6.07) is 16.5. The fraction of sp³-hybridized carbons (Fsp3) is 0.606. The third kappa shape index (κ3) is 7.45. The monoisotopic (exact) mass is 474 g/mol. The summed E-state index contributed by atoms with van der Waals surface area (Å²) in [5, 5.41) is 0. The molecule has 0 atom stereocenters. The molecule has 2 aliphatic carbocycles. The Bertz CT molecular complexity index is 882. The highest BCUT2D eigenvalue weighted by Crippen LogP contribution is 2.39. The number of carbonyl (C=O) groups is 1. The van der Waals surface area contributed by atoms with Gasteiger partial charge in [-0.25, -0.2) is 4.79 Å². The molecule has 0 spiro atoms. The highest BCUT2D eigenvalue weighted by Gasteiger charge is 2.23. The standard InChI is InChI=1S/C33H46O2/c1-3-5-6-8-26-11-15-27(16-12-26)29-17-19-31(20-18-29)33(34)35-32-23-21-30(22-24-32)28-13-9-25(7-4-2)10-14-28/h17-28H,3-16H2,1-2H3/t25?,26-,27-,28?. The largest absolute Gasteiger partial charge is 0.423 e. The van der Waals surface area contributed by atoms with Gasteiger partial charge in [0.05, 0.1) is 5.56 Å². The first-order chi connectivity index (χ1) is 17.2. The van der Waals surface area contributed by atoms with E-state index in [1.165, 1.54) is 101 Å². The average Bonchev–Trinajstić information content (AvgIpc) is 2.90. The molecule has 2 fully saturated rings. The molecule has 0 aromatic heterocycles. The Kier molecular flexibility index (Phi) is 9.86. The van der Waals surface area contributed by atoms with E-state index in [4.69, 9.17) is 4.74 Å². The Labute approximate surface area is 213 Å². The van der Waals surface area contributed by atoms with Crippen LogP contribution in [0.5, 0.6) is 5.75 Å². The smallest absolute Gasteiger partial charge is 0.343 e. The molecule has 0 unspecified atom stereocenters. The molecule has 2 aromatic carbocycles. The van der Waals surface area contributed by atoms with E-state index >= 15 is 0 Å². The average molecular weight is 475 g/mol. The number of unbranched alkanes of at least 4 members (excludes halogenated alkanes) is 2. The Morgan fingerprint density at radius 1 is 0.657 bits per heavy atom. The lowest BCUT2D eigenvalue weighted by molar-refractivity contribution is 0.0734. The maximum atomic E-state index is 12.7. The number of hydrogen-bond donors (Lipinski definition) is 0. The molecule has 2 nitrogen and oxygen atoms in total. The van der Waals surface area contributed by atoms with Crippen LogP contribution in [0.1, 0.15) is 137 Å². The number of benzene rings is 2. The molecule has 4 rings (SSSR count). The van der Waals surface area contributed by atoms with Gasteiger partial charge in [-0.05, 0) is 110 Å². The minimum absolute atomic E-state index is 0.260. The zero-order chi connectivity index (χ0) is 24.5. The van der Waals surface area contributed by atoms with E-state index in [9.17, 15) is 4.79 Å². The molecule has 2 saturated carbocycles. The van der Waals surface area contributed by atoms with Gasteiger partial charge in [0.25, 0.3) is 0 Å². The van der Waals surface area contributed by atoms with E-state index in [2.05, 4.69) is 38.1 Å². The van der Waals surface area contributed by atoms with Crippen LogP contribution in [0.2, 0.25) is 0 Å². The van der Waals surface area contributed by atoms with Crippen molar-refractivity contribution < 1.29 is 9.53 Å². The van der Waals surface area contributed by atoms with Crippen molar-refractivity contribution in [2.24, 2.45) is 11.8 Å². The van der Waals surface area contributed by atoms with Crippen LogP contribution in [0.15, 0.2) is 48.5 Å². The lowest BCUT2D eigenvalue weighted by atomic mass is 9.77. The highest BCUT2D eigenvalue weighted by molar-refractivity contribution is 5.91. The minimum atomic E-state index is -0.260. The molecular weight excluding hydrogens is 428 g/mol. The third-order valence-corrected chi connectivity index (χ3v) is 8.79. The fourth-order valence-electron chi connectivity index (χ4n) is 6.53. The zero-order valence-corrected chi connectivity index (χ0v) is 22.1. The summed E-state index contributed by atoms with van der Waals surface area (Å²) < 4.78 is 5.70. The Morgan fingerprint density at radius 3 is 1.69 bits per heavy atom. The van der Waals surface area contributed by atoms with E-state index in [1.807, 2.05) is 24.3 Å². The highest BCUT2D eigenvalue weighted by atomic mass is 16.5. The molecule has 35 heavy (non-hydrogen) atoms. The van der Waals surface area contributed by atoms with Crippen LogP contribution in [-0.2, 0) is 0 Å². The maximum Gasteiger partial charge on any atom is 0.343 e. The maximum absolute atomic E-state index is 12.7. The molecule has 2 heteroatoms. The summed E-state index contributed by atoms with van der Waals surface area (Å²) in [6.07, 6.45) is 18.7. The number of carbonyl (C=O) groups excluding carboxylic acids is 1. The summed E-state index contributed by atoms with van der Waals surface area (Å²) in [7, 11) is 0. The van der Waals surface area contributed by atoms with E-state index in [1.54, 1.807) is 0 Å². The number of hydrogen-bond acceptors (Lipinski definition) is 2. The molecular formula is C33H46O2. The van der Waals surface area contributed by atoms with Gasteiger partial charge in [0, 0.05) is 0 Å². The molecule has 190 valence electrons. The van der Waals surface area contributed by atoms with Crippen LogP contribution in [-0.4, -0.2) is 5.97 Å². The second kappa shape index (κ2) is 13.3. The Hall–Kier alpha value is -2.09. The van der Waals surface area contributed by atoms with Crippen LogP contribution in [0, 0.1) is 11.8 Å². The quantitative estimate of drug-likeness (QED) is 0.194. The normalized spacial score (nSPS) is 24.7. The van der Waals surface area contributed by atoms with Crippen LogP contribution in [0.3, 0.4) is 0 Å². The summed E-state index contributed by atoms with van der Waals surface area (Å²) in [6.45, 7) is 4.58. The van der Waals surface area contributed by atoms with Crippen molar-refractivity contribution in [2.45, 2.75) is 116 Å². The van der Waals surface area contributed by atoms with Crippen molar-refractivity contribution in [3.05, 3.63) is 65.2 Å². The Balaban J connectivity index is 1.24. The zero-order valence-electron chi connectivity index (χ0n) is 22.1. The van der Waals surface area contributed by atoms with Crippen molar-refractivity contribution in [2.75, 3.05) is 0 Å². The lowest BCUT2D eigenvalue weighted by Crippen LogP contribution is -2.14. The van der Waals surface area contributed by atoms with Crippen LogP contribution >= 0.6 is 0 Å². The molecule has 0 amide bonds. The number of rotatable bonds is 10. The van der Waals surface area contributed by atoms with Gasteiger partial charge < -0.3 is 4.74 Å². The number of esters is 1. The second-order valence-corrected chi connectivity index (χ2v) is 11.3. The number of ether oxygens (including phenoxy) is 1. The summed E-state index contributed by atoms with van der Waals surface area (Å²) in [5.74, 6) is 3.54. The van der Waals surface area contributed by atoms with Crippen LogP contribution < -0.4 is 4.74 Å². The van der Waals surface area contributed by atoms with Crippen LogP contribution in [0.25, 0.3) is 0 Å². The molecule has 0 heterocycles. The van der Waals surface area contributed by atoms with E-state index in [-0.39, 0.29) is 5.97 Å². The van der Waals surface area contributed by atoms with Gasteiger partial charge in [0.15, 0.2) is 0 Å². The molecule has 0 aliphatic heterocycles. The van der Waals surface area contributed by atoms with E-state index in [0.29, 0.717) is 23.1 Å². The van der Waals surface area contributed by atoms with Crippen molar-refractivity contribution >= 4 is 5.97 Å². The van der Waals surface area contributed by atoms with Gasteiger partial charge in [-0.2, -0.15) is 0 Å². The van der Waals surface area contributed by atoms with Gasteiger partial charge in [-0.3, -0.25) is 0 Å². The summed E-state index contributed by atoms with van der Waals surface area (Å²) in [4.78, 5) is 12.7. The van der Waals surface area contributed by atoms with Crippen molar-refractivity contribution in [3.63, 3.8) is 0 Å². The predicted molar refractivity (Wildman–Crippen MR) is 146 cm³/mol. The first-order valence-corrected chi connectivity index (χ1v) is 14.6. The summed E-state index contributed by atoms with van der Waals surface area (Å²) >= 11 is 0. The predicted octanol–water partition coefficient (Wildman–Crippen LogP) is 9.83. The van der Waals surface area contributed by atoms with E-state index in [0.717, 1.165) is 11.8 Å². The fourth-order valence-corrected chi connectivity index (χ4v) is 6.53. The van der Waals surface area contributed by atoms with Crippen LogP contribution in [0.4, 0.5) is 0 Å². The van der Waals surface area contributed by atoms with E-state index < -0.39 is 0 Å². The molecule has 0 bridgehead atoms. The first kappa shape index (κ1) is 26.0.